The van der Waals surface area contributed by atoms with Crippen LogP contribution in [0.3, 0.4) is 0 Å². The van der Waals surface area contributed by atoms with Gasteiger partial charge in [0.2, 0.25) is 10.0 Å². The van der Waals surface area contributed by atoms with Crippen LogP contribution in [0.25, 0.3) is 0 Å². The van der Waals surface area contributed by atoms with E-state index in [9.17, 15) is 8.42 Å². The summed E-state index contributed by atoms with van der Waals surface area (Å²) in [5.74, 6) is 0.865. The second-order valence-electron chi connectivity index (χ2n) is 4.63. The Morgan fingerprint density at radius 3 is 2.40 bits per heavy atom. The van der Waals surface area contributed by atoms with Crippen molar-refractivity contribution in [2.45, 2.75) is 17.6 Å². The third-order valence-corrected chi connectivity index (χ3v) is 4.41. The van der Waals surface area contributed by atoms with Gasteiger partial charge in [-0.05, 0) is 36.2 Å². The Bertz CT molecular complexity index is 682. The van der Waals surface area contributed by atoms with Gasteiger partial charge < -0.3 is 0 Å². The number of anilines is 1. The molecule has 1 N–H and O–H groups in total. The van der Waals surface area contributed by atoms with Crippen LogP contribution in [-0.2, 0) is 15.8 Å². The lowest BCUT2D eigenvalue weighted by Gasteiger charge is -2.09. The molecule has 0 aliphatic rings. The van der Waals surface area contributed by atoms with Gasteiger partial charge in [-0.1, -0.05) is 30.3 Å². The lowest BCUT2D eigenvalue weighted by molar-refractivity contribution is 0.607. The SMILES string of the molecule is Cc1cc(CSc2ccccc2)ccc1NS(C)(=O)=O. The van der Waals surface area contributed by atoms with Gasteiger partial charge >= 0.3 is 0 Å². The molecule has 0 unspecified atom stereocenters. The van der Waals surface area contributed by atoms with Gasteiger partial charge in [0, 0.05) is 10.6 Å². The van der Waals surface area contributed by atoms with E-state index in [2.05, 4.69) is 16.9 Å². The molecule has 0 fully saturated rings. The number of hydrogen-bond acceptors (Lipinski definition) is 3. The van der Waals surface area contributed by atoms with Crippen molar-refractivity contribution in [2.75, 3.05) is 11.0 Å². The first-order chi connectivity index (χ1) is 9.44. The molecular formula is C15H17NO2S2. The van der Waals surface area contributed by atoms with E-state index >= 15 is 0 Å². The highest BCUT2D eigenvalue weighted by Crippen LogP contribution is 2.25. The highest BCUT2D eigenvalue weighted by atomic mass is 32.2. The summed E-state index contributed by atoms with van der Waals surface area (Å²) >= 11 is 1.76. The Kier molecular flexibility index (Phi) is 4.73. The van der Waals surface area contributed by atoms with Crippen LogP contribution in [0.15, 0.2) is 53.4 Å². The lowest BCUT2D eigenvalue weighted by Crippen LogP contribution is -2.10. The normalized spacial score (nSPS) is 11.3. The van der Waals surface area contributed by atoms with Crippen molar-refractivity contribution in [1.29, 1.82) is 0 Å². The van der Waals surface area contributed by atoms with E-state index < -0.39 is 10.0 Å². The molecule has 0 heterocycles. The van der Waals surface area contributed by atoms with Crippen molar-refractivity contribution < 1.29 is 8.42 Å². The molecular weight excluding hydrogens is 290 g/mol. The van der Waals surface area contributed by atoms with Crippen LogP contribution < -0.4 is 4.72 Å². The van der Waals surface area contributed by atoms with Crippen molar-refractivity contribution in [1.82, 2.24) is 0 Å². The topological polar surface area (TPSA) is 46.2 Å². The van der Waals surface area contributed by atoms with E-state index in [1.165, 1.54) is 10.5 Å². The van der Waals surface area contributed by atoms with Gasteiger partial charge in [-0.3, -0.25) is 4.72 Å². The predicted octanol–water partition coefficient (Wildman–Crippen LogP) is 3.66. The molecule has 0 aliphatic heterocycles. The average molecular weight is 307 g/mol. The predicted molar refractivity (Wildman–Crippen MR) is 85.6 cm³/mol. The van der Waals surface area contributed by atoms with Gasteiger partial charge in [0.25, 0.3) is 0 Å². The molecule has 106 valence electrons. The molecule has 3 nitrogen and oxygen atoms in total. The first kappa shape index (κ1) is 14.9. The number of hydrogen-bond donors (Lipinski definition) is 1. The summed E-state index contributed by atoms with van der Waals surface area (Å²) in [6, 6.07) is 16.0. The number of benzene rings is 2. The zero-order valence-corrected chi connectivity index (χ0v) is 13.1. The van der Waals surface area contributed by atoms with Crippen LogP contribution in [0, 0.1) is 6.92 Å². The Labute approximate surface area is 124 Å². The minimum absolute atomic E-state index is 0.640. The molecule has 2 aromatic rings. The average Bonchev–Trinajstić information content (AvgIpc) is 2.39. The lowest BCUT2D eigenvalue weighted by atomic mass is 10.1. The molecule has 0 atom stereocenters. The van der Waals surface area contributed by atoms with Crippen LogP contribution >= 0.6 is 11.8 Å². The minimum atomic E-state index is -3.22. The van der Waals surface area contributed by atoms with Crippen molar-refractivity contribution >= 4 is 27.5 Å². The van der Waals surface area contributed by atoms with Crippen LogP contribution in [-0.4, -0.2) is 14.7 Å². The second-order valence-corrected chi connectivity index (χ2v) is 7.42. The van der Waals surface area contributed by atoms with Crippen LogP contribution in [0.4, 0.5) is 5.69 Å². The molecule has 0 aliphatic carbocycles. The Morgan fingerprint density at radius 1 is 1.10 bits per heavy atom. The van der Waals surface area contributed by atoms with E-state index in [-0.39, 0.29) is 0 Å². The fraction of sp³-hybridized carbons (Fsp3) is 0.200. The molecule has 0 bridgehead atoms. The molecule has 0 amide bonds. The highest BCUT2D eigenvalue weighted by Gasteiger charge is 2.05. The van der Waals surface area contributed by atoms with Crippen LogP contribution in [0.5, 0.6) is 0 Å². The summed E-state index contributed by atoms with van der Waals surface area (Å²) in [5, 5.41) is 0. The van der Waals surface area contributed by atoms with Crippen molar-refractivity contribution in [2.24, 2.45) is 0 Å². The summed E-state index contributed by atoms with van der Waals surface area (Å²) in [6.45, 7) is 1.91. The number of thioether (sulfide) groups is 1. The van der Waals surface area contributed by atoms with Crippen LogP contribution in [0.2, 0.25) is 0 Å². The Hall–Kier alpha value is -1.46. The number of sulfonamides is 1. The molecule has 2 rings (SSSR count). The van der Waals surface area contributed by atoms with Gasteiger partial charge in [0.05, 0.1) is 11.9 Å². The van der Waals surface area contributed by atoms with Gasteiger partial charge in [-0.2, -0.15) is 0 Å². The molecule has 0 spiro atoms. The van der Waals surface area contributed by atoms with Gasteiger partial charge in [0.1, 0.15) is 0 Å². The summed E-state index contributed by atoms with van der Waals surface area (Å²) < 4.78 is 25.0. The Balaban J connectivity index is 2.06. The van der Waals surface area contributed by atoms with E-state index in [1.807, 2.05) is 43.3 Å². The third-order valence-electron chi connectivity index (χ3n) is 2.73. The molecule has 0 aromatic heterocycles. The minimum Gasteiger partial charge on any atom is -0.284 e. The summed E-state index contributed by atoms with van der Waals surface area (Å²) in [7, 11) is -3.22. The Morgan fingerprint density at radius 2 is 1.80 bits per heavy atom. The smallest absolute Gasteiger partial charge is 0.229 e. The fourth-order valence-electron chi connectivity index (χ4n) is 1.81. The summed E-state index contributed by atoms with van der Waals surface area (Å²) in [5.41, 5.74) is 2.75. The molecule has 5 heteroatoms. The first-order valence-corrected chi connectivity index (χ1v) is 9.07. The van der Waals surface area contributed by atoms with Gasteiger partial charge in [-0.15, -0.1) is 11.8 Å². The van der Waals surface area contributed by atoms with Crippen molar-refractivity contribution in [3.05, 3.63) is 59.7 Å². The van der Waals surface area contributed by atoms with E-state index in [0.29, 0.717) is 5.69 Å². The molecule has 0 radical (unpaired) electrons. The van der Waals surface area contributed by atoms with E-state index in [1.54, 1.807) is 11.8 Å². The first-order valence-electron chi connectivity index (χ1n) is 6.19. The fourth-order valence-corrected chi connectivity index (χ4v) is 3.30. The maximum Gasteiger partial charge on any atom is 0.229 e. The summed E-state index contributed by atoms with van der Waals surface area (Å²) in [4.78, 5) is 1.23. The van der Waals surface area contributed by atoms with Crippen molar-refractivity contribution in [3.8, 4) is 0 Å². The second kappa shape index (κ2) is 6.33. The van der Waals surface area contributed by atoms with Crippen LogP contribution in [0.1, 0.15) is 11.1 Å². The molecule has 2 aromatic carbocycles. The summed E-state index contributed by atoms with van der Waals surface area (Å²) in [6.07, 6.45) is 1.16. The maximum atomic E-state index is 11.2. The standard InChI is InChI=1S/C15H17NO2S2/c1-12-10-13(8-9-15(12)16-20(2,17)18)11-19-14-6-4-3-5-7-14/h3-10,16H,11H2,1-2H3. The number of aryl methyl sites for hydroxylation is 1. The zero-order chi connectivity index (χ0) is 14.6. The number of nitrogens with one attached hydrogen (secondary N) is 1. The maximum absolute atomic E-state index is 11.2. The van der Waals surface area contributed by atoms with E-state index in [4.69, 9.17) is 0 Å². The molecule has 20 heavy (non-hydrogen) atoms. The van der Waals surface area contributed by atoms with Gasteiger partial charge in [0.15, 0.2) is 0 Å². The number of rotatable bonds is 5. The monoisotopic (exact) mass is 307 g/mol. The molecule has 0 saturated carbocycles. The highest BCUT2D eigenvalue weighted by molar-refractivity contribution is 7.98. The quantitative estimate of drug-likeness (QED) is 0.858. The van der Waals surface area contributed by atoms with E-state index in [0.717, 1.165) is 17.6 Å². The van der Waals surface area contributed by atoms with Gasteiger partial charge in [-0.25, -0.2) is 8.42 Å². The van der Waals surface area contributed by atoms with Crippen molar-refractivity contribution in [3.63, 3.8) is 0 Å². The third kappa shape index (κ3) is 4.58. The largest absolute Gasteiger partial charge is 0.284 e. The zero-order valence-electron chi connectivity index (χ0n) is 11.5. The molecule has 0 saturated heterocycles.